The van der Waals surface area contributed by atoms with Crippen LogP contribution in [0.2, 0.25) is 0 Å². The fraction of sp³-hybridized carbons (Fsp3) is 0.611. The van der Waals surface area contributed by atoms with Gasteiger partial charge in [0.2, 0.25) is 0 Å². The van der Waals surface area contributed by atoms with E-state index >= 15 is 0 Å². The van der Waals surface area contributed by atoms with Crippen molar-refractivity contribution in [2.45, 2.75) is 59.2 Å². The molecule has 0 aliphatic heterocycles. The highest BCUT2D eigenvalue weighted by Crippen LogP contribution is 2.12. The number of hydrogen-bond acceptors (Lipinski definition) is 2. The standard InChI is InChI=1S/C18H30FN3O.HI/c1-13(2)6-5-7-14(3)22-18(20)21-11-15-8-9-17(19)16(10-15)12-23-4;/h8-10,13-14H,5-7,11-12H2,1-4H3,(H3,20,21,22);1H. The minimum atomic E-state index is -0.260. The van der Waals surface area contributed by atoms with Gasteiger partial charge in [0.1, 0.15) is 5.82 Å². The molecule has 1 aromatic rings. The van der Waals surface area contributed by atoms with Crippen molar-refractivity contribution in [2.75, 3.05) is 7.11 Å². The topological polar surface area (TPSA) is 59.6 Å². The van der Waals surface area contributed by atoms with E-state index in [0.717, 1.165) is 17.9 Å². The summed E-state index contributed by atoms with van der Waals surface area (Å²) in [4.78, 5) is 4.33. The van der Waals surface area contributed by atoms with Crippen LogP contribution in [-0.4, -0.2) is 19.1 Å². The van der Waals surface area contributed by atoms with Crippen LogP contribution in [0, 0.1) is 11.7 Å². The lowest BCUT2D eigenvalue weighted by Gasteiger charge is -2.15. The molecule has 0 aliphatic carbocycles. The molecule has 0 radical (unpaired) electrons. The fourth-order valence-corrected chi connectivity index (χ4v) is 2.37. The lowest BCUT2D eigenvalue weighted by atomic mass is 10.0. The molecular weight excluding hydrogens is 420 g/mol. The van der Waals surface area contributed by atoms with Crippen LogP contribution < -0.4 is 11.1 Å². The Balaban J connectivity index is 0.00000529. The summed E-state index contributed by atoms with van der Waals surface area (Å²) in [5, 5.41) is 3.20. The molecule has 0 spiro atoms. The maximum atomic E-state index is 13.5. The molecule has 1 aromatic carbocycles. The molecule has 0 aromatic heterocycles. The van der Waals surface area contributed by atoms with Crippen LogP contribution in [0.4, 0.5) is 4.39 Å². The molecule has 0 saturated heterocycles. The third-order valence-electron chi connectivity index (χ3n) is 3.65. The third-order valence-corrected chi connectivity index (χ3v) is 3.65. The van der Waals surface area contributed by atoms with Gasteiger partial charge in [-0.1, -0.05) is 32.8 Å². The van der Waals surface area contributed by atoms with Crippen LogP contribution in [0.3, 0.4) is 0 Å². The van der Waals surface area contributed by atoms with Crippen molar-refractivity contribution in [1.82, 2.24) is 5.32 Å². The van der Waals surface area contributed by atoms with E-state index < -0.39 is 0 Å². The molecule has 4 nitrogen and oxygen atoms in total. The Morgan fingerprint density at radius 1 is 1.29 bits per heavy atom. The van der Waals surface area contributed by atoms with Gasteiger partial charge in [-0.3, -0.25) is 0 Å². The Kier molecular flexibility index (Phi) is 12.0. The van der Waals surface area contributed by atoms with Crippen LogP contribution >= 0.6 is 24.0 Å². The predicted molar refractivity (Wildman–Crippen MR) is 109 cm³/mol. The van der Waals surface area contributed by atoms with Crippen LogP contribution in [0.5, 0.6) is 0 Å². The minimum Gasteiger partial charge on any atom is -0.380 e. The van der Waals surface area contributed by atoms with Gasteiger partial charge in [-0.05, 0) is 37.0 Å². The minimum absolute atomic E-state index is 0. The van der Waals surface area contributed by atoms with Gasteiger partial charge < -0.3 is 15.8 Å². The molecule has 138 valence electrons. The Morgan fingerprint density at radius 3 is 2.62 bits per heavy atom. The number of aliphatic imine (C=N–C) groups is 1. The first-order valence-electron chi connectivity index (χ1n) is 8.25. The van der Waals surface area contributed by atoms with Crippen molar-refractivity contribution in [3.8, 4) is 0 Å². The number of guanidine groups is 1. The summed E-state index contributed by atoms with van der Waals surface area (Å²) in [6.45, 7) is 7.25. The van der Waals surface area contributed by atoms with Crippen molar-refractivity contribution < 1.29 is 9.13 Å². The molecule has 1 atom stereocenters. The first-order valence-corrected chi connectivity index (χ1v) is 8.25. The molecule has 0 bridgehead atoms. The molecule has 1 rings (SSSR count). The van der Waals surface area contributed by atoms with Crippen molar-refractivity contribution in [1.29, 1.82) is 0 Å². The van der Waals surface area contributed by atoms with Crippen LogP contribution in [0.15, 0.2) is 23.2 Å². The third kappa shape index (κ3) is 9.42. The van der Waals surface area contributed by atoms with Crippen LogP contribution in [-0.2, 0) is 17.9 Å². The maximum absolute atomic E-state index is 13.5. The van der Waals surface area contributed by atoms with E-state index in [9.17, 15) is 4.39 Å². The van der Waals surface area contributed by atoms with Crippen molar-refractivity contribution in [2.24, 2.45) is 16.6 Å². The molecule has 0 amide bonds. The van der Waals surface area contributed by atoms with Gasteiger partial charge >= 0.3 is 0 Å². The summed E-state index contributed by atoms with van der Waals surface area (Å²) in [6.07, 6.45) is 3.47. The Morgan fingerprint density at radius 2 is 2.00 bits per heavy atom. The van der Waals surface area contributed by atoms with Gasteiger partial charge in [0.25, 0.3) is 0 Å². The Labute approximate surface area is 162 Å². The second kappa shape index (κ2) is 12.5. The first-order chi connectivity index (χ1) is 10.9. The van der Waals surface area contributed by atoms with Crippen molar-refractivity contribution in [3.05, 3.63) is 35.1 Å². The second-order valence-electron chi connectivity index (χ2n) is 6.43. The molecule has 24 heavy (non-hydrogen) atoms. The number of methoxy groups -OCH3 is 1. The SMILES string of the molecule is COCc1cc(CN=C(N)NC(C)CCCC(C)C)ccc1F.I. The number of hydrogen-bond donors (Lipinski definition) is 2. The molecule has 0 saturated carbocycles. The number of ether oxygens (including phenoxy) is 1. The number of halogens is 2. The van der Waals surface area contributed by atoms with Gasteiger partial charge in [0.15, 0.2) is 5.96 Å². The lowest BCUT2D eigenvalue weighted by molar-refractivity contribution is 0.181. The number of rotatable bonds is 9. The summed E-state index contributed by atoms with van der Waals surface area (Å²) < 4.78 is 18.5. The quantitative estimate of drug-likeness (QED) is 0.336. The average molecular weight is 451 g/mol. The predicted octanol–water partition coefficient (Wildman–Crippen LogP) is 4.21. The summed E-state index contributed by atoms with van der Waals surface area (Å²) >= 11 is 0. The van der Waals surface area contributed by atoms with E-state index in [1.165, 1.54) is 18.9 Å². The summed E-state index contributed by atoms with van der Waals surface area (Å²) in [7, 11) is 1.55. The monoisotopic (exact) mass is 451 g/mol. The highest BCUT2D eigenvalue weighted by Gasteiger charge is 2.05. The zero-order valence-corrected chi connectivity index (χ0v) is 17.5. The molecule has 6 heteroatoms. The average Bonchev–Trinajstić information content (AvgIpc) is 2.48. The smallest absolute Gasteiger partial charge is 0.189 e. The van der Waals surface area contributed by atoms with Gasteiger partial charge in [0.05, 0.1) is 13.2 Å². The highest BCUT2D eigenvalue weighted by atomic mass is 127. The van der Waals surface area contributed by atoms with Gasteiger partial charge in [-0.25, -0.2) is 9.38 Å². The van der Waals surface area contributed by atoms with E-state index in [0.29, 0.717) is 24.1 Å². The highest BCUT2D eigenvalue weighted by molar-refractivity contribution is 14.0. The summed E-state index contributed by atoms with van der Waals surface area (Å²) in [6, 6.07) is 5.23. The van der Waals surface area contributed by atoms with E-state index in [2.05, 4.69) is 31.1 Å². The first kappa shape index (κ1) is 23.1. The number of nitrogens with zero attached hydrogens (tertiary/aromatic N) is 1. The van der Waals surface area contributed by atoms with Crippen molar-refractivity contribution >= 4 is 29.9 Å². The zero-order valence-electron chi connectivity index (χ0n) is 15.1. The number of benzene rings is 1. The maximum Gasteiger partial charge on any atom is 0.189 e. The van der Waals surface area contributed by atoms with Crippen LogP contribution in [0.25, 0.3) is 0 Å². The van der Waals surface area contributed by atoms with E-state index in [-0.39, 0.29) is 36.4 Å². The number of nitrogens with two attached hydrogens (primary N) is 1. The van der Waals surface area contributed by atoms with Gasteiger partial charge in [-0.15, -0.1) is 24.0 Å². The molecule has 0 heterocycles. The molecular formula is C18H31FIN3O. The normalized spacial score (nSPS) is 12.8. The zero-order chi connectivity index (χ0) is 17.2. The molecule has 0 fully saturated rings. The Hall–Kier alpha value is -0.890. The Bertz CT molecular complexity index is 509. The summed E-state index contributed by atoms with van der Waals surface area (Å²) in [5.74, 6) is 0.900. The van der Waals surface area contributed by atoms with E-state index in [1.54, 1.807) is 19.2 Å². The molecule has 0 aliphatic rings. The largest absolute Gasteiger partial charge is 0.380 e. The van der Waals surface area contributed by atoms with Crippen molar-refractivity contribution in [3.63, 3.8) is 0 Å². The van der Waals surface area contributed by atoms with E-state index in [4.69, 9.17) is 10.5 Å². The fourth-order valence-electron chi connectivity index (χ4n) is 2.37. The summed E-state index contributed by atoms with van der Waals surface area (Å²) in [5.41, 5.74) is 7.37. The number of nitrogens with one attached hydrogen (secondary N) is 1. The van der Waals surface area contributed by atoms with E-state index in [1.807, 2.05) is 0 Å². The van der Waals surface area contributed by atoms with Gasteiger partial charge in [0, 0.05) is 18.7 Å². The van der Waals surface area contributed by atoms with Crippen LogP contribution in [0.1, 0.15) is 51.2 Å². The molecule has 3 N–H and O–H groups in total. The molecule has 1 unspecified atom stereocenters. The second-order valence-corrected chi connectivity index (χ2v) is 6.43. The van der Waals surface area contributed by atoms with Gasteiger partial charge in [-0.2, -0.15) is 0 Å². The lowest BCUT2D eigenvalue weighted by Crippen LogP contribution is -2.38.